The first kappa shape index (κ1) is 18.7. The largest absolute Gasteiger partial charge is 0.436 e. The van der Waals surface area contributed by atoms with Crippen molar-refractivity contribution in [3.8, 4) is 11.5 Å². The number of amides is 1. The fourth-order valence-corrected chi connectivity index (χ4v) is 3.36. The summed E-state index contributed by atoms with van der Waals surface area (Å²) in [6.45, 7) is 0.226. The number of hydrogen-bond acceptors (Lipinski definition) is 6. The van der Waals surface area contributed by atoms with Gasteiger partial charge in [-0.15, -0.1) is 0 Å². The van der Waals surface area contributed by atoms with Crippen LogP contribution < -0.4 is 10.9 Å². The number of oxazole rings is 1. The average molecular weight is 414 g/mol. The highest BCUT2D eigenvalue weighted by Crippen LogP contribution is 2.25. The maximum absolute atomic E-state index is 12.5. The zero-order valence-electron chi connectivity index (χ0n) is 16.6. The molecule has 0 fully saturated rings. The molecule has 9 nitrogen and oxygen atoms in total. The molecule has 0 aliphatic heterocycles. The van der Waals surface area contributed by atoms with Gasteiger partial charge in [-0.3, -0.25) is 18.8 Å². The number of nitrogens with zero attached hydrogens (tertiary/aromatic N) is 5. The van der Waals surface area contributed by atoms with Crippen molar-refractivity contribution < 1.29 is 9.21 Å². The van der Waals surface area contributed by atoms with Crippen LogP contribution in [0.15, 0.2) is 70.3 Å². The van der Waals surface area contributed by atoms with Crippen LogP contribution in [0.2, 0.25) is 0 Å². The van der Waals surface area contributed by atoms with Crippen molar-refractivity contribution in [1.29, 1.82) is 0 Å². The molecule has 0 radical (unpaired) electrons. The number of aryl methyl sites for hydroxylation is 2. The van der Waals surface area contributed by atoms with Gasteiger partial charge in [-0.2, -0.15) is 5.10 Å². The van der Waals surface area contributed by atoms with E-state index in [4.69, 9.17) is 4.42 Å². The van der Waals surface area contributed by atoms with Crippen LogP contribution >= 0.6 is 0 Å². The molecule has 0 spiro atoms. The van der Waals surface area contributed by atoms with Gasteiger partial charge in [0.25, 0.3) is 5.56 Å². The molecule has 154 valence electrons. The van der Waals surface area contributed by atoms with E-state index >= 15 is 0 Å². The molecule has 5 aromatic rings. The van der Waals surface area contributed by atoms with Gasteiger partial charge in [0.15, 0.2) is 11.2 Å². The normalized spacial score (nSPS) is 11.3. The molecule has 0 atom stereocenters. The molecule has 0 saturated heterocycles. The lowest BCUT2D eigenvalue weighted by molar-refractivity contribution is -0.116. The van der Waals surface area contributed by atoms with E-state index in [1.165, 1.54) is 21.8 Å². The van der Waals surface area contributed by atoms with Crippen molar-refractivity contribution in [2.24, 2.45) is 7.05 Å². The quantitative estimate of drug-likeness (QED) is 0.474. The van der Waals surface area contributed by atoms with Gasteiger partial charge < -0.3 is 9.73 Å². The van der Waals surface area contributed by atoms with Crippen molar-refractivity contribution in [2.75, 3.05) is 5.32 Å². The first-order valence-corrected chi connectivity index (χ1v) is 9.71. The summed E-state index contributed by atoms with van der Waals surface area (Å²) in [6.07, 6.45) is 3.06. The van der Waals surface area contributed by atoms with E-state index in [2.05, 4.69) is 20.4 Å². The molecule has 9 heteroatoms. The van der Waals surface area contributed by atoms with Crippen LogP contribution in [0.5, 0.6) is 0 Å². The fourth-order valence-electron chi connectivity index (χ4n) is 3.36. The van der Waals surface area contributed by atoms with Crippen molar-refractivity contribution in [3.63, 3.8) is 0 Å². The monoisotopic (exact) mass is 414 g/mol. The predicted molar refractivity (Wildman–Crippen MR) is 115 cm³/mol. The van der Waals surface area contributed by atoms with Crippen molar-refractivity contribution >= 4 is 33.7 Å². The lowest BCUT2D eigenvalue weighted by Crippen LogP contribution is -2.23. The van der Waals surface area contributed by atoms with Crippen LogP contribution in [0.3, 0.4) is 0 Å². The molecule has 1 N–H and O–H groups in total. The highest BCUT2D eigenvalue weighted by molar-refractivity contribution is 5.91. The van der Waals surface area contributed by atoms with E-state index in [-0.39, 0.29) is 24.4 Å². The topological polar surface area (TPSA) is 108 Å². The number of rotatable bonds is 5. The third-order valence-corrected chi connectivity index (χ3v) is 5.01. The second-order valence-corrected chi connectivity index (χ2v) is 7.11. The van der Waals surface area contributed by atoms with Gasteiger partial charge in [0.1, 0.15) is 10.9 Å². The molecule has 0 aliphatic rings. The summed E-state index contributed by atoms with van der Waals surface area (Å²) in [5.41, 5.74) is 3.29. The molecule has 0 aliphatic carbocycles. The van der Waals surface area contributed by atoms with E-state index in [0.29, 0.717) is 22.6 Å². The third-order valence-electron chi connectivity index (χ3n) is 5.01. The van der Waals surface area contributed by atoms with Crippen LogP contribution in [0.25, 0.3) is 33.6 Å². The van der Waals surface area contributed by atoms with Gasteiger partial charge >= 0.3 is 0 Å². The summed E-state index contributed by atoms with van der Waals surface area (Å²) in [6, 6.07) is 14.8. The van der Waals surface area contributed by atoms with Gasteiger partial charge in [-0.1, -0.05) is 12.1 Å². The Balaban J connectivity index is 1.24. The third kappa shape index (κ3) is 3.57. The first-order valence-electron chi connectivity index (χ1n) is 9.71. The molecule has 3 aromatic heterocycles. The highest BCUT2D eigenvalue weighted by atomic mass is 16.3. The molecule has 3 heterocycles. The van der Waals surface area contributed by atoms with Gasteiger partial charge in [0.05, 0.1) is 12.5 Å². The van der Waals surface area contributed by atoms with E-state index in [9.17, 15) is 9.59 Å². The van der Waals surface area contributed by atoms with Crippen molar-refractivity contribution in [1.82, 2.24) is 24.3 Å². The number of para-hydroxylation sites is 2. The van der Waals surface area contributed by atoms with Crippen molar-refractivity contribution in [3.05, 3.63) is 71.4 Å². The number of carbonyl (C=O) groups excluding carboxylic acids is 1. The summed E-state index contributed by atoms with van der Waals surface area (Å²) >= 11 is 0. The lowest BCUT2D eigenvalue weighted by Gasteiger charge is -2.07. The van der Waals surface area contributed by atoms with Gasteiger partial charge in [0, 0.05) is 31.3 Å². The molecular formula is C22H18N6O3. The summed E-state index contributed by atoms with van der Waals surface area (Å²) in [4.78, 5) is 33.5. The predicted octanol–water partition coefficient (Wildman–Crippen LogP) is 2.97. The molecule has 2 aromatic carbocycles. The van der Waals surface area contributed by atoms with Crippen LogP contribution in [0.1, 0.15) is 6.42 Å². The Morgan fingerprint density at radius 1 is 1.13 bits per heavy atom. The zero-order chi connectivity index (χ0) is 21.4. The second kappa shape index (κ2) is 7.52. The minimum atomic E-state index is -0.214. The van der Waals surface area contributed by atoms with Gasteiger partial charge in [0.2, 0.25) is 11.8 Å². The Bertz CT molecular complexity index is 1430. The van der Waals surface area contributed by atoms with E-state index in [1.807, 2.05) is 36.4 Å². The molecular weight excluding hydrogens is 396 g/mol. The summed E-state index contributed by atoms with van der Waals surface area (Å²) in [7, 11) is 1.72. The maximum atomic E-state index is 12.5. The molecule has 31 heavy (non-hydrogen) atoms. The minimum absolute atomic E-state index is 0.139. The van der Waals surface area contributed by atoms with Crippen LogP contribution in [0.4, 0.5) is 5.69 Å². The lowest BCUT2D eigenvalue weighted by atomic mass is 10.2. The number of aromatic nitrogens is 5. The molecule has 5 rings (SSSR count). The van der Waals surface area contributed by atoms with Crippen LogP contribution in [0, 0.1) is 0 Å². The number of fused-ring (bicyclic) bond motifs is 2. The first-order chi connectivity index (χ1) is 15.1. The summed E-state index contributed by atoms with van der Waals surface area (Å²) < 4.78 is 8.72. The fraction of sp³-hybridized carbons (Fsp3) is 0.136. The number of anilines is 1. The van der Waals surface area contributed by atoms with E-state index < -0.39 is 0 Å². The highest BCUT2D eigenvalue weighted by Gasteiger charge is 2.11. The Labute approximate surface area is 176 Å². The summed E-state index contributed by atoms with van der Waals surface area (Å²) in [5, 5.41) is 7.31. The van der Waals surface area contributed by atoms with Gasteiger partial charge in [-0.25, -0.2) is 9.97 Å². The Kier molecular flexibility index (Phi) is 4.55. The standard InChI is InChI=1S/C22H18N6O3/c1-27-20-16(12-24-27)22(30)28(13-23-20)11-10-19(29)25-15-8-6-14(7-9-15)21-26-17-4-2-3-5-18(17)31-21/h2-9,12-13H,10-11H2,1H3,(H,25,29). The number of hydrogen-bond donors (Lipinski definition) is 1. The van der Waals surface area contributed by atoms with Gasteiger partial charge in [-0.05, 0) is 36.4 Å². The number of benzene rings is 2. The Morgan fingerprint density at radius 3 is 2.74 bits per heavy atom. The molecule has 1 amide bonds. The number of nitrogens with one attached hydrogen (secondary N) is 1. The van der Waals surface area contributed by atoms with Crippen LogP contribution in [-0.4, -0.2) is 30.2 Å². The van der Waals surface area contributed by atoms with E-state index in [0.717, 1.165) is 16.7 Å². The molecule has 0 saturated carbocycles. The maximum Gasteiger partial charge on any atom is 0.264 e. The second-order valence-electron chi connectivity index (χ2n) is 7.11. The molecule has 0 unspecified atom stereocenters. The smallest absolute Gasteiger partial charge is 0.264 e. The summed E-state index contributed by atoms with van der Waals surface area (Å²) in [5.74, 6) is 0.324. The van der Waals surface area contributed by atoms with E-state index in [1.54, 1.807) is 19.2 Å². The van der Waals surface area contributed by atoms with Crippen molar-refractivity contribution in [2.45, 2.75) is 13.0 Å². The Morgan fingerprint density at radius 2 is 1.94 bits per heavy atom. The minimum Gasteiger partial charge on any atom is -0.436 e. The van der Waals surface area contributed by atoms with Crippen LogP contribution in [-0.2, 0) is 18.4 Å². The SMILES string of the molecule is Cn1ncc2c(=O)n(CCC(=O)Nc3ccc(-c4nc5ccccc5o4)cc3)cnc21. The Hall–Kier alpha value is -4.27. The number of carbonyl (C=O) groups is 1. The zero-order valence-corrected chi connectivity index (χ0v) is 16.6. The molecule has 0 bridgehead atoms. The average Bonchev–Trinajstić information content (AvgIpc) is 3.38.